The smallest absolute Gasteiger partial charge is 0.0693 e. The van der Waals surface area contributed by atoms with Gasteiger partial charge < -0.3 is 10.2 Å². The molecular weight excluding hydrogens is 272 g/mol. The van der Waals surface area contributed by atoms with Gasteiger partial charge in [0.1, 0.15) is 0 Å². The van der Waals surface area contributed by atoms with Crippen molar-refractivity contribution >= 4 is 21.5 Å². The standard InChI is InChI=1S/C20H20O2/c1-2-3-6-14-9-10-17-18(11-14)20(13-22)16-8-5-4-7-15(16)19(17)12-21/h2,4-5,7-11,21-22H,1,3,6,12-13H2. The Morgan fingerprint density at radius 2 is 1.41 bits per heavy atom. The minimum atomic E-state index is -0.00632. The first-order chi connectivity index (χ1) is 10.8. The molecule has 0 aromatic heterocycles. The highest BCUT2D eigenvalue weighted by Crippen LogP contribution is 2.33. The van der Waals surface area contributed by atoms with Crippen molar-refractivity contribution in [3.63, 3.8) is 0 Å². The van der Waals surface area contributed by atoms with Crippen molar-refractivity contribution in [2.24, 2.45) is 0 Å². The molecule has 3 rings (SSSR count). The Morgan fingerprint density at radius 1 is 0.818 bits per heavy atom. The largest absolute Gasteiger partial charge is 0.392 e. The van der Waals surface area contributed by atoms with Crippen molar-refractivity contribution in [3.8, 4) is 0 Å². The Hall–Kier alpha value is -2.16. The predicted octanol–water partition coefficient (Wildman–Crippen LogP) is 4.10. The van der Waals surface area contributed by atoms with Crippen LogP contribution in [0.15, 0.2) is 55.1 Å². The molecule has 2 heteroatoms. The summed E-state index contributed by atoms with van der Waals surface area (Å²) < 4.78 is 0. The molecule has 0 spiro atoms. The average Bonchev–Trinajstić information content (AvgIpc) is 2.57. The molecule has 0 unspecified atom stereocenters. The number of aryl methyl sites for hydroxylation is 1. The van der Waals surface area contributed by atoms with E-state index in [0.717, 1.165) is 45.5 Å². The highest BCUT2D eigenvalue weighted by molar-refractivity contribution is 6.05. The van der Waals surface area contributed by atoms with Gasteiger partial charge in [0.05, 0.1) is 13.2 Å². The third kappa shape index (κ3) is 2.41. The van der Waals surface area contributed by atoms with Crippen LogP contribution in [-0.4, -0.2) is 10.2 Å². The fourth-order valence-electron chi connectivity index (χ4n) is 3.17. The summed E-state index contributed by atoms with van der Waals surface area (Å²) in [6.07, 6.45) is 3.78. The van der Waals surface area contributed by atoms with Gasteiger partial charge in [-0.05, 0) is 51.1 Å². The van der Waals surface area contributed by atoms with E-state index in [-0.39, 0.29) is 13.2 Å². The molecule has 0 radical (unpaired) electrons. The summed E-state index contributed by atoms with van der Waals surface area (Å²) in [6, 6.07) is 14.2. The third-order valence-electron chi connectivity index (χ3n) is 4.26. The number of aliphatic hydroxyl groups excluding tert-OH is 2. The van der Waals surface area contributed by atoms with Gasteiger partial charge in [0.25, 0.3) is 0 Å². The van der Waals surface area contributed by atoms with E-state index < -0.39 is 0 Å². The van der Waals surface area contributed by atoms with Crippen LogP contribution in [0, 0.1) is 0 Å². The SMILES string of the molecule is C=CCCc1ccc2c(CO)c3ccccc3c(CO)c2c1. The zero-order chi connectivity index (χ0) is 15.5. The van der Waals surface area contributed by atoms with Crippen LogP contribution in [0.4, 0.5) is 0 Å². The highest BCUT2D eigenvalue weighted by Gasteiger charge is 2.13. The van der Waals surface area contributed by atoms with Gasteiger partial charge in [0.15, 0.2) is 0 Å². The summed E-state index contributed by atoms with van der Waals surface area (Å²) in [5.41, 5.74) is 3.09. The zero-order valence-electron chi connectivity index (χ0n) is 12.5. The second-order valence-corrected chi connectivity index (χ2v) is 5.53. The van der Waals surface area contributed by atoms with Crippen LogP contribution >= 0.6 is 0 Å². The average molecular weight is 292 g/mol. The monoisotopic (exact) mass is 292 g/mol. The minimum Gasteiger partial charge on any atom is -0.392 e. The summed E-state index contributed by atoms with van der Waals surface area (Å²) in [5, 5.41) is 23.8. The number of hydrogen-bond acceptors (Lipinski definition) is 2. The van der Waals surface area contributed by atoms with E-state index in [9.17, 15) is 10.2 Å². The van der Waals surface area contributed by atoms with Gasteiger partial charge in [-0.2, -0.15) is 0 Å². The van der Waals surface area contributed by atoms with Gasteiger partial charge in [-0.1, -0.05) is 48.5 Å². The van der Waals surface area contributed by atoms with E-state index in [2.05, 4.69) is 24.8 Å². The van der Waals surface area contributed by atoms with E-state index in [1.807, 2.05) is 30.3 Å². The molecular formula is C20H20O2. The fourth-order valence-corrected chi connectivity index (χ4v) is 3.17. The summed E-state index contributed by atoms with van der Waals surface area (Å²) in [6.45, 7) is 3.76. The lowest BCUT2D eigenvalue weighted by atomic mass is 9.90. The van der Waals surface area contributed by atoms with E-state index in [0.29, 0.717) is 0 Å². The van der Waals surface area contributed by atoms with E-state index in [1.54, 1.807) is 0 Å². The molecule has 0 fully saturated rings. The zero-order valence-corrected chi connectivity index (χ0v) is 12.5. The van der Waals surface area contributed by atoms with Gasteiger partial charge in [0.2, 0.25) is 0 Å². The summed E-state index contributed by atoms with van der Waals surface area (Å²) in [5.74, 6) is 0. The topological polar surface area (TPSA) is 40.5 Å². The molecule has 0 atom stereocenters. The fraction of sp³-hybridized carbons (Fsp3) is 0.200. The van der Waals surface area contributed by atoms with Crippen molar-refractivity contribution in [3.05, 3.63) is 71.8 Å². The predicted molar refractivity (Wildman–Crippen MR) is 91.8 cm³/mol. The second kappa shape index (κ2) is 6.30. The lowest BCUT2D eigenvalue weighted by Gasteiger charge is -2.15. The van der Waals surface area contributed by atoms with Gasteiger partial charge in [-0.25, -0.2) is 0 Å². The van der Waals surface area contributed by atoms with Crippen molar-refractivity contribution < 1.29 is 10.2 Å². The maximum absolute atomic E-state index is 9.89. The molecule has 2 nitrogen and oxygen atoms in total. The molecule has 0 aliphatic heterocycles. The number of benzene rings is 3. The molecule has 0 saturated carbocycles. The minimum absolute atomic E-state index is 0.00523. The van der Waals surface area contributed by atoms with Gasteiger partial charge >= 0.3 is 0 Å². The van der Waals surface area contributed by atoms with Gasteiger partial charge in [0, 0.05) is 0 Å². The molecule has 3 aromatic rings. The molecule has 2 N–H and O–H groups in total. The van der Waals surface area contributed by atoms with E-state index in [1.165, 1.54) is 5.56 Å². The Bertz CT molecular complexity index is 834. The number of aliphatic hydroxyl groups is 2. The number of allylic oxidation sites excluding steroid dienone is 1. The Morgan fingerprint density at radius 3 is 2.00 bits per heavy atom. The van der Waals surface area contributed by atoms with Crippen molar-refractivity contribution in [1.29, 1.82) is 0 Å². The number of hydrogen-bond donors (Lipinski definition) is 2. The molecule has 0 aliphatic carbocycles. The van der Waals surface area contributed by atoms with Crippen molar-refractivity contribution in [2.75, 3.05) is 0 Å². The van der Waals surface area contributed by atoms with Crippen LogP contribution < -0.4 is 0 Å². The quantitative estimate of drug-likeness (QED) is 0.549. The first kappa shape index (κ1) is 14.8. The molecule has 0 aliphatic rings. The maximum atomic E-state index is 9.89. The van der Waals surface area contributed by atoms with Crippen LogP contribution in [-0.2, 0) is 19.6 Å². The Kier molecular flexibility index (Phi) is 4.23. The molecule has 0 bridgehead atoms. The van der Waals surface area contributed by atoms with Crippen LogP contribution in [0.5, 0.6) is 0 Å². The van der Waals surface area contributed by atoms with Crippen LogP contribution in [0.25, 0.3) is 21.5 Å². The number of rotatable bonds is 5. The van der Waals surface area contributed by atoms with Crippen molar-refractivity contribution in [1.82, 2.24) is 0 Å². The molecule has 112 valence electrons. The third-order valence-corrected chi connectivity index (χ3v) is 4.26. The Balaban J connectivity index is 2.36. The highest BCUT2D eigenvalue weighted by atomic mass is 16.3. The van der Waals surface area contributed by atoms with Gasteiger partial charge in [-0.15, -0.1) is 6.58 Å². The molecule has 0 saturated heterocycles. The summed E-state index contributed by atoms with van der Waals surface area (Å²) in [4.78, 5) is 0. The normalized spacial score (nSPS) is 11.2. The molecule has 3 aromatic carbocycles. The Labute approximate surface area is 130 Å². The molecule has 0 heterocycles. The van der Waals surface area contributed by atoms with Crippen LogP contribution in [0.3, 0.4) is 0 Å². The first-order valence-electron chi connectivity index (χ1n) is 7.57. The first-order valence-corrected chi connectivity index (χ1v) is 7.57. The van der Waals surface area contributed by atoms with Crippen LogP contribution in [0.1, 0.15) is 23.1 Å². The van der Waals surface area contributed by atoms with Crippen molar-refractivity contribution in [2.45, 2.75) is 26.1 Å². The van der Waals surface area contributed by atoms with Gasteiger partial charge in [-0.3, -0.25) is 0 Å². The summed E-state index contributed by atoms with van der Waals surface area (Å²) >= 11 is 0. The lowest BCUT2D eigenvalue weighted by Crippen LogP contribution is -1.97. The lowest BCUT2D eigenvalue weighted by molar-refractivity contribution is 0.282. The molecule has 0 amide bonds. The second-order valence-electron chi connectivity index (χ2n) is 5.53. The molecule has 22 heavy (non-hydrogen) atoms. The van der Waals surface area contributed by atoms with E-state index >= 15 is 0 Å². The number of fused-ring (bicyclic) bond motifs is 2. The van der Waals surface area contributed by atoms with E-state index in [4.69, 9.17) is 0 Å². The maximum Gasteiger partial charge on any atom is 0.0693 e. The summed E-state index contributed by atoms with van der Waals surface area (Å²) in [7, 11) is 0. The van der Waals surface area contributed by atoms with Crippen LogP contribution in [0.2, 0.25) is 0 Å².